The van der Waals surface area contributed by atoms with E-state index < -0.39 is 0 Å². The number of nitrogens with one attached hydrogen (secondary N) is 2. The molecule has 1 amide bonds. The first-order valence-electron chi connectivity index (χ1n) is 8.94. The topological polar surface area (TPSA) is 46.0 Å². The zero-order valence-corrected chi connectivity index (χ0v) is 16.0. The molecule has 26 heavy (non-hydrogen) atoms. The van der Waals surface area contributed by atoms with Crippen LogP contribution in [0, 0.1) is 0 Å². The third-order valence-corrected chi connectivity index (χ3v) is 5.17. The van der Waals surface area contributed by atoms with Crippen LogP contribution >= 0.6 is 11.6 Å². The number of para-hydroxylation sites is 1. The Morgan fingerprint density at radius 1 is 1.23 bits per heavy atom. The highest BCUT2D eigenvalue weighted by Gasteiger charge is 2.20. The Labute approximate surface area is 159 Å². The van der Waals surface area contributed by atoms with Gasteiger partial charge in [0.2, 0.25) is 0 Å². The van der Waals surface area contributed by atoms with E-state index in [0.717, 1.165) is 38.4 Å². The molecule has 1 saturated heterocycles. The number of methoxy groups -OCH3 is 1. The molecule has 0 aromatic heterocycles. The minimum atomic E-state index is -0.216. The monoisotopic (exact) mass is 374 g/mol. The molecule has 1 aliphatic heterocycles. The van der Waals surface area contributed by atoms with Gasteiger partial charge in [-0.1, -0.05) is 23.7 Å². The maximum atomic E-state index is 12.5. The number of hydrogen-bond donors (Lipinski definition) is 2. The molecule has 0 aliphatic carbocycles. The molecule has 2 aromatic carbocycles. The van der Waals surface area contributed by atoms with E-state index in [0.29, 0.717) is 22.0 Å². The highest BCUT2D eigenvalue weighted by molar-refractivity contribution is 6.33. The van der Waals surface area contributed by atoms with E-state index in [1.54, 1.807) is 24.1 Å². The fourth-order valence-electron chi connectivity index (χ4n) is 3.29. The number of likely N-dealkylation sites (N-methyl/N-ethyl adjacent to an activating group) is 1. The lowest BCUT2D eigenvalue weighted by Crippen LogP contribution is -3.14. The fourth-order valence-corrected chi connectivity index (χ4v) is 3.59. The van der Waals surface area contributed by atoms with Gasteiger partial charge in [0.1, 0.15) is 5.75 Å². The van der Waals surface area contributed by atoms with E-state index >= 15 is 0 Å². The molecular weight excluding hydrogens is 350 g/mol. The summed E-state index contributed by atoms with van der Waals surface area (Å²) in [5, 5.41) is 3.55. The highest BCUT2D eigenvalue weighted by atomic mass is 35.5. The zero-order chi connectivity index (χ0) is 18.5. The first-order chi connectivity index (χ1) is 12.6. The van der Waals surface area contributed by atoms with Gasteiger partial charge in [-0.15, -0.1) is 0 Å². The summed E-state index contributed by atoms with van der Waals surface area (Å²) in [5.41, 5.74) is 2.19. The number of halogens is 1. The first-order valence-corrected chi connectivity index (χ1v) is 9.32. The average Bonchev–Trinajstić information content (AvgIpc) is 2.68. The lowest BCUT2D eigenvalue weighted by Gasteiger charge is -2.33. The van der Waals surface area contributed by atoms with Crippen LogP contribution in [-0.2, 0) is 0 Å². The summed E-state index contributed by atoms with van der Waals surface area (Å²) in [6.45, 7) is 7.62. The van der Waals surface area contributed by atoms with Gasteiger partial charge in [-0.2, -0.15) is 0 Å². The molecular formula is C20H25ClN3O2+. The normalized spacial score (nSPS) is 15.0. The molecule has 0 spiro atoms. The van der Waals surface area contributed by atoms with Crippen LogP contribution in [0.5, 0.6) is 5.75 Å². The number of piperazine rings is 1. The number of amides is 1. The van der Waals surface area contributed by atoms with Crippen LogP contribution in [0.4, 0.5) is 11.4 Å². The lowest BCUT2D eigenvalue weighted by atomic mass is 10.1. The van der Waals surface area contributed by atoms with Crippen molar-refractivity contribution in [1.82, 2.24) is 0 Å². The SMILES string of the molecule is CC[NH+]1CCN(c2ccc(NC(=O)c3ccccc3OC)cc2Cl)CC1. The first kappa shape index (κ1) is 18.5. The van der Waals surface area contributed by atoms with E-state index in [9.17, 15) is 4.79 Å². The number of nitrogens with zero attached hydrogens (tertiary/aromatic N) is 1. The minimum absolute atomic E-state index is 0.216. The number of carbonyl (C=O) groups is 1. The van der Waals surface area contributed by atoms with Crippen molar-refractivity contribution >= 4 is 28.9 Å². The number of carbonyl (C=O) groups excluding carboxylic acids is 1. The van der Waals surface area contributed by atoms with Crippen molar-refractivity contribution < 1.29 is 14.4 Å². The van der Waals surface area contributed by atoms with E-state index in [1.165, 1.54) is 0 Å². The van der Waals surface area contributed by atoms with Crippen molar-refractivity contribution in [2.24, 2.45) is 0 Å². The van der Waals surface area contributed by atoms with Gasteiger partial charge in [-0.3, -0.25) is 4.79 Å². The number of anilines is 2. The minimum Gasteiger partial charge on any atom is -0.496 e. The Hall–Kier alpha value is -2.24. The van der Waals surface area contributed by atoms with Gasteiger partial charge in [-0.25, -0.2) is 0 Å². The number of ether oxygens (including phenoxy) is 1. The largest absolute Gasteiger partial charge is 0.496 e. The summed E-state index contributed by atoms with van der Waals surface area (Å²) in [6.07, 6.45) is 0. The Balaban J connectivity index is 1.71. The van der Waals surface area contributed by atoms with Gasteiger partial charge >= 0.3 is 0 Å². The summed E-state index contributed by atoms with van der Waals surface area (Å²) in [4.78, 5) is 16.4. The molecule has 1 fully saturated rings. The van der Waals surface area contributed by atoms with Crippen molar-refractivity contribution in [2.75, 3.05) is 50.1 Å². The van der Waals surface area contributed by atoms with Crippen LogP contribution in [0.3, 0.4) is 0 Å². The molecule has 0 saturated carbocycles. The van der Waals surface area contributed by atoms with E-state index in [4.69, 9.17) is 16.3 Å². The molecule has 0 bridgehead atoms. The van der Waals surface area contributed by atoms with Gasteiger partial charge < -0.3 is 19.9 Å². The molecule has 2 N–H and O–H groups in total. The predicted molar refractivity (Wildman–Crippen MR) is 106 cm³/mol. The van der Waals surface area contributed by atoms with Crippen LogP contribution in [0.15, 0.2) is 42.5 Å². The number of rotatable bonds is 5. The van der Waals surface area contributed by atoms with Crippen LogP contribution in [-0.4, -0.2) is 45.7 Å². The number of benzene rings is 2. The summed E-state index contributed by atoms with van der Waals surface area (Å²) in [5.74, 6) is 0.329. The zero-order valence-electron chi connectivity index (χ0n) is 15.2. The molecule has 6 heteroatoms. The molecule has 1 aliphatic rings. The molecule has 0 radical (unpaired) electrons. The smallest absolute Gasteiger partial charge is 0.259 e. The van der Waals surface area contributed by atoms with Crippen molar-refractivity contribution in [3.8, 4) is 5.75 Å². The van der Waals surface area contributed by atoms with Crippen molar-refractivity contribution in [3.05, 3.63) is 53.1 Å². The Morgan fingerprint density at radius 3 is 2.62 bits per heavy atom. The van der Waals surface area contributed by atoms with Gasteiger partial charge in [0.05, 0.1) is 56.1 Å². The summed E-state index contributed by atoms with van der Waals surface area (Å²) in [7, 11) is 1.55. The van der Waals surface area contributed by atoms with Gasteiger partial charge in [0.15, 0.2) is 0 Å². The van der Waals surface area contributed by atoms with Crippen molar-refractivity contribution in [2.45, 2.75) is 6.92 Å². The van der Waals surface area contributed by atoms with Gasteiger partial charge in [0.25, 0.3) is 5.91 Å². The maximum Gasteiger partial charge on any atom is 0.259 e. The second-order valence-corrected chi connectivity index (χ2v) is 6.82. The molecule has 0 unspecified atom stereocenters. The maximum absolute atomic E-state index is 12.5. The van der Waals surface area contributed by atoms with Crippen LogP contribution in [0.2, 0.25) is 5.02 Å². The second-order valence-electron chi connectivity index (χ2n) is 6.41. The summed E-state index contributed by atoms with van der Waals surface area (Å²) >= 11 is 6.50. The Kier molecular flexibility index (Phi) is 6.01. The van der Waals surface area contributed by atoms with E-state index in [1.807, 2.05) is 30.3 Å². The number of hydrogen-bond acceptors (Lipinski definition) is 3. The molecule has 0 atom stereocenters. The molecule has 138 valence electrons. The standard InChI is InChI=1S/C20H24ClN3O2/c1-3-23-10-12-24(13-11-23)18-9-8-15(14-17(18)21)22-20(25)16-6-4-5-7-19(16)26-2/h4-9,14H,3,10-13H2,1-2H3,(H,22,25)/p+1. The van der Waals surface area contributed by atoms with Crippen LogP contribution in [0.25, 0.3) is 0 Å². The van der Waals surface area contributed by atoms with Crippen LogP contribution in [0.1, 0.15) is 17.3 Å². The average molecular weight is 375 g/mol. The van der Waals surface area contributed by atoms with Gasteiger partial charge in [0, 0.05) is 5.69 Å². The lowest BCUT2D eigenvalue weighted by molar-refractivity contribution is -0.898. The molecule has 1 heterocycles. The van der Waals surface area contributed by atoms with E-state index in [2.05, 4.69) is 17.1 Å². The second kappa shape index (κ2) is 8.43. The Bertz CT molecular complexity index is 773. The molecule has 3 rings (SSSR count). The quantitative estimate of drug-likeness (QED) is 0.844. The van der Waals surface area contributed by atoms with Gasteiger partial charge in [-0.05, 0) is 37.3 Å². The third kappa shape index (κ3) is 4.11. The Morgan fingerprint density at radius 2 is 1.96 bits per heavy atom. The summed E-state index contributed by atoms with van der Waals surface area (Å²) in [6, 6.07) is 12.8. The highest BCUT2D eigenvalue weighted by Crippen LogP contribution is 2.29. The molecule has 2 aromatic rings. The van der Waals surface area contributed by atoms with E-state index in [-0.39, 0.29) is 5.91 Å². The number of quaternary nitrogens is 1. The molecule has 5 nitrogen and oxygen atoms in total. The summed E-state index contributed by atoms with van der Waals surface area (Å²) < 4.78 is 5.25. The van der Waals surface area contributed by atoms with Crippen molar-refractivity contribution in [3.63, 3.8) is 0 Å². The third-order valence-electron chi connectivity index (χ3n) is 4.87. The predicted octanol–water partition coefficient (Wildman–Crippen LogP) is 2.33. The fraction of sp³-hybridized carbons (Fsp3) is 0.350. The van der Waals surface area contributed by atoms with Crippen LogP contribution < -0.4 is 19.9 Å². The van der Waals surface area contributed by atoms with Crippen molar-refractivity contribution in [1.29, 1.82) is 0 Å².